The summed E-state index contributed by atoms with van der Waals surface area (Å²) in [6, 6.07) is 16.0. The summed E-state index contributed by atoms with van der Waals surface area (Å²) in [7, 11) is 0. The average molecular weight is 285 g/mol. The van der Waals surface area contributed by atoms with Crippen molar-refractivity contribution in [1.82, 2.24) is 9.97 Å². The van der Waals surface area contributed by atoms with Crippen LogP contribution in [0.15, 0.2) is 65.6 Å². The Hall–Kier alpha value is -3.32. The zero-order valence-electron chi connectivity index (χ0n) is 11.6. The Labute approximate surface area is 126 Å². The van der Waals surface area contributed by atoms with Crippen LogP contribution in [-0.4, -0.2) is 9.97 Å². The fraction of sp³-hybridized carbons (Fsp3) is 0. The Bertz CT molecular complexity index is 977. The number of fused-ring (bicyclic) bond motifs is 1. The van der Waals surface area contributed by atoms with Gasteiger partial charge in [0.1, 0.15) is 11.7 Å². The fourth-order valence-corrected chi connectivity index (χ4v) is 2.66. The minimum atomic E-state index is 0.538. The quantitative estimate of drug-likeness (QED) is 0.595. The number of hydrogen-bond acceptors (Lipinski definition) is 3. The van der Waals surface area contributed by atoms with E-state index in [2.05, 4.69) is 16.0 Å². The number of nitriles is 1. The van der Waals surface area contributed by atoms with E-state index in [1.807, 2.05) is 42.5 Å². The van der Waals surface area contributed by atoms with Crippen molar-refractivity contribution in [1.29, 1.82) is 5.26 Å². The second kappa shape index (κ2) is 4.90. The van der Waals surface area contributed by atoms with Gasteiger partial charge in [0.15, 0.2) is 0 Å². The van der Waals surface area contributed by atoms with Crippen LogP contribution in [0.25, 0.3) is 33.4 Å². The van der Waals surface area contributed by atoms with Crippen molar-refractivity contribution in [2.45, 2.75) is 0 Å². The lowest BCUT2D eigenvalue weighted by Crippen LogP contribution is -1.81. The standard InChI is InChI=1S/C18H11N3O/c19-9-12-8-15-16(14-6-7-22-11-14)17(21-18(15)20-10-12)13-4-2-1-3-5-13/h1-8,10-11H,(H,20,21). The van der Waals surface area contributed by atoms with Gasteiger partial charge in [0.25, 0.3) is 0 Å². The molecule has 0 spiro atoms. The Morgan fingerprint density at radius 2 is 1.95 bits per heavy atom. The fourth-order valence-electron chi connectivity index (χ4n) is 2.66. The molecule has 1 aromatic carbocycles. The molecule has 4 aromatic rings. The maximum atomic E-state index is 9.12. The minimum Gasteiger partial charge on any atom is -0.472 e. The molecule has 0 saturated heterocycles. The molecule has 4 heteroatoms. The van der Waals surface area contributed by atoms with Gasteiger partial charge in [0, 0.05) is 22.7 Å². The molecule has 3 aromatic heterocycles. The third-order valence-corrected chi connectivity index (χ3v) is 3.65. The summed E-state index contributed by atoms with van der Waals surface area (Å²) in [5, 5.41) is 10.0. The maximum Gasteiger partial charge on any atom is 0.138 e. The van der Waals surface area contributed by atoms with Crippen LogP contribution in [0.4, 0.5) is 0 Å². The van der Waals surface area contributed by atoms with E-state index in [0.29, 0.717) is 5.56 Å². The van der Waals surface area contributed by atoms with Gasteiger partial charge in [-0.2, -0.15) is 5.26 Å². The normalized spacial score (nSPS) is 10.7. The van der Waals surface area contributed by atoms with Crippen molar-refractivity contribution in [3.8, 4) is 28.5 Å². The van der Waals surface area contributed by atoms with Crippen molar-refractivity contribution in [2.75, 3.05) is 0 Å². The number of aromatic nitrogens is 2. The SMILES string of the molecule is N#Cc1cnc2[nH]c(-c3ccccc3)c(-c3ccoc3)c2c1. The summed E-state index contributed by atoms with van der Waals surface area (Å²) >= 11 is 0. The summed E-state index contributed by atoms with van der Waals surface area (Å²) in [6.45, 7) is 0. The molecule has 0 amide bonds. The van der Waals surface area contributed by atoms with E-state index in [-0.39, 0.29) is 0 Å². The van der Waals surface area contributed by atoms with Crippen molar-refractivity contribution in [3.63, 3.8) is 0 Å². The smallest absolute Gasteiger partial charge is 0.138 e. The third kappa shape index (κ3) is 1.88. The number of H-pyrrole nitrogens is 1. The van der Waals surface area contributed by atoms with Gasteiger partial charge >= 0.3 is 0 Å². The van der Waals surface area contributed by atoms with Gasteiger partial charge < -0.3 is 9.40 Å². The number of pyridine rings is 1. The number of hydrogen-bond donors (Lipinski definition) is 1. The zero-order valence-corrected chi connectivity index (χ0v) is 11.6. The second-order valence-electron chi connectivity index (χ2n) is 4.99. The van der Waals surface area contributed by atoms with Crippen LogP contribution in [0.2, 0.25) is 0 Å². The number of aromatic amines is 1. The van der Waals surface area contributed by atoms with Gasteiger partial charge in [-0.05, 0) is 17.7 Å². The van der Waals surface area contributed by atoms with Gasteiger partial charge in [-0.1, -0.05) is 30.3 Å². The van der Waals surface area contributed by atoms with E-state index in [4.69, 9.17) is 9.68 Å². The number of nitrogens with one attached hydrogen (secondary N) is 1. The number of nitrogens with zero attached hydrogens (tertiary/aromatic N) is 2. The Morgan fingerprint density at radius 3 is 2.68 bits per heavy atom. The molecule has 1 N–H and O–H groups in total. The monoisotopic (exact) mass is 285 g/mol. The van der Waals surface area contributed by atoms with Gasteiger partial charge in [-0.3, -0.25) is 0 Å². The molecule has 3 heterocycles. The first kappa shape index (κ1) is 12.4. The maximum absolute atomic E-state index is 9.12. The largest absolute Gasteiger partial charge is 0.472 e. The average Bonchev–Trinajstić information content (AvgIpc) is 3.21. The lowest BCUT2D eigenvalue weighted by molar-refractivity contribution is 0.568. The minimum absolute atomic E-state index is 0.538. The van der Waals surface area contributed by atoms with Gasteiger partial charge in [0.2, 0.25) is 0 Å². The number of rotatable bonds is 2. The van der Waals surface area contributed by atoms with Crippen molar-refractivity contribution >= 4 is 11.0 Å². The van der Waals surface area contributed by atoms with Crippen LogP contribution in [-0.2, 0) is 0 Å². The van der Waals surface area contributed by atoms with Crippen LogP contribution < -0.4 is 0 Å². The molecule has 104 valence electrons. The number of furan rings is 1. The molecule has 0 aliphatic rings. The van der Waals surface area contributed by atoms with Gasteiger partial charge in [-0.25, -0.2) is 4.98 Å². The lowest BCUT2D eigenvalue weighted by Gasteiger charge is -2.02. The lowest BCUT2D eigenvalue weighted by atomic mass is 10.0. The summed E-state index contributed by atoms with van der Waals surface area (Å²) in [6.07, 6.45) is 4.92. The molecule has 0 aliphatic carbocycles. The predicted octanol–water partition coefficient (Wildman–Crippen LogP) is 4.36. The van der Waals surface area contributed by atoms with E-state index < -0.39 is 0 Å². The topological polar surface area (TPSA) is 65.6 Å². The van der Waals surface area contributed by atoms with E-state index in [9.17, 15) is 0 Å². The molecule has 4 nitrogen and oxygen atoms in total. The van der Waals surface area contributed by atoms with Crippen molar-refractivity contribution < 1.29 is 4.42 Å². The molecule has 0 saturated carbocycles. The van der Waals surface area contributed by atoms with E-state index in [1.165, 1.54) is 0 Å². The van der Waals surface area contributed by atoms with E-state index in [0.717, 1.165) is 33.4 Å². The molecule has 0 aliphatic heterocycles. The summed E-state index contributed by atoms with van der Waals surface area (Å²) < 4.78 is 5.24. The molecular weight excluding hydrogens is 274 g/mol. The van der Waals surface area contributed by atoms with E-state index in [1.54, 1.807) is 18.7 Å². The van der Waals surface area contributed by atoms with Crippen molar-refractivity contribution in [2.24, 2.45) is 0 Å². The Balaban J connectivity index is 2.09. The van der Waals surface area contributed by atoms with Gasteiger partial charge in [-0.15, -0.1) is 0 Å². The summed E-state index contributed by atoms with van der Waals surface area (Å²) in [4.78, 5) is 7.72. The first-order chi connectivity index (χ1) is 10.9. The van der Waals surface area contributed by atoms with Crippen LogP contribution >= 0.6 is 0 Å². The highest BCUT2D eigenvalue weighted by Gasteiger charge is 2.17. The number of benzene rings is 1. The molecule has 22 heavy (non-hydrogen) atoms. The first-order valence-electron chi connectivity index (χ1n) is 6.86. The van der Waals surface area contributed by atoms with Crippen LogP contribution in [0.1, 0.15) is 5.56 Å². The highest BCUT2D eigenvalue weighted by atomic mass is 16.3. The summed E-state index contributed by atoms with van der Waals surface area (Å²) in [5.41, 5.74) is 5.29. The molecule has 4 rings (SSSR count). The Kier molecular flexibility index (Phi) is 2.77. The third-order valence-electron chi connectivity index (χ3n) is 3.65. The molecular formula is C18H11N3O. The molecule has 0 bridgehead atoms. The highest BCUT2D eigenvalue weighted by Crippen LogP contribution is 2.37. The Morgan fingerprint density at radius 1 is 1.09 bits per heavy atom. The van der Waals surface area contributed by atoms with Crippen LogP contribution in [0, 0.1) is 11.3 Å². The first-order valence-corrected chi connectivity index (χ1v) is 6.86. The van der Waals surface area contributed by atoms with Crippen LogP contribution in [0.5, 0.6) is 0 Å². The molecule has 0 fully saturated rings. The van der Waals surface area contributed by atoms with Crippen molar-refractivity contribution in [3.05, 3.63) is 66.8 Å². The van der Waals surface area contributed by atoms with E-state index >= 15 is 0 Å². The molecule has 0 radical (unpaired) electrons. The highest BCUT2D eigenvalue weighted by molar-refractivity contribution is 6.02. The molecule has 0 unspecified atom stereocenters. The van der Waals surface area contributed by atoms with Crippen LogP contribution in [0.3, 0.4) is 0 Å². The van der Waals surface area contributed by atoms with Gasteiger partial charge in [0.05, 0.1) is 23.8 Å². The summed E-state index contributed by atoms with van der Waals surface area (Å²) in [5.74, 6) is 0. The predicted molar refractivity (Wildman–Crippen MR) is 83.9 cm³/mol. The molecule has 0 atom stereocenters. The second-order valence-corrected chi connectivity index (χ2v) is 4.99. The zero-order chi connectivity index (χ0) is 14.9.